The maximum atomic E-state index is 12.2. The number of carbonyl (C=O) groups is 1. The van der Waals surface area contributed by atoms with Crippen LogP contribution in [-0.4, -0.2) is 25.2 Å². The van der Waals surface area contributed by atoms with Gasteiger partial charge < -0.3 is 5.32 Å². The summed E-state index contributed by atoms with van der Waals surface area (Å²) in [5, 5.41) is 3.09. The van der Waals surface area contributed by atoms with E-state index in [2.05, 4.69) is 9.71 Å². The molecule has 0 aliphatic carbocycles. The van der Waals surface area contributed by atoms with Crippen molar-refractivity contribution in [2.45, 2.75) is 18.7 Å². The highest BCUT2D eigenvalue weighted by Crippen LogP contribution is 2.33. The quantitative estimate of drug-likeness (QED) is 0.416. The number of aryl methyl sites for hydroxylation is 2. The molecule has 0 radical (unpaired) electrons. The summed E-state index contributed by atoms with van der Waals surface area (Å²) in [6.07, 6.45) is 0. The zero-order valence-electron chi connectivity index (χ0n) is 10.9. The number of amides is 1. The molecule has 1 heterocycles. The predicted octanol–water partition coefficient (Wildman–Crippen LogP) is 0.497. The molecule has 0 aromatic heterocycles. The summed E-state index contributed by atoms with van der Waals surface area (Å²) in [7, 11) is -3.75. The number of fused-ring (bicyclic) bond motifs is 1. The number of hydrazine groups is 1. The highest BCUT2D eigenvalue weighted by Gasteiger charge is 2.27. The Balaban J connectivity index is 2.35. The highest BCUT2D eigenvalue weighted by atomic mass is 32.2. The fraction of sp³-hybridized carbons (Fsp3) is 0.273. The van der Waals surface area contributed by atoms with Crippen LogP contribution in [0.2, 0.25) is 0 Å². The lowest BCUT2D eigenvalue weighted by Crippen LogP contribution is -2.32. The molecule has 4 N–H and O–H groups in total. The van der Waals surface area contributed by atoms with Crippen LogP contribution in [0.15, 0.2) is 21.4 Å². The molecule has 1 aromatic carbocycles. The third kappa shape index (κ3) is 2.94. The van der Waals surface area contributed by atoms with Crippen LogP contribution in [0.5, 0.6) is 0 Å². The standard InChI is InChI=1S/C11H14N4O3S2/c1-6-3-7(2)10-8(4-6)13-11(15-20(10,17)18)19-5-9(16)14-12/h3-4H,5,12H2,1-2H3,(H,13,15)(H,14,16). The number of nitrogens with zero attached hydrogens (tertiary/aromatic N) is 1. The smallest absolute Gasteiger partial charge is 0.287 e. The second kappa shape index (κ2) is 5.43. The van der Waals surface area contributed by atoms with E-state index >= 15 is 0 Å². The normalized spacial score (nSPS) is 15.8. The van der Waals surface area contributed by atoms with Crippen LogP contribution in [0.3, 0.4) is 0 Å². The lowest BCUT2D eigenvalue weighted by atomic mass is 10.1. The number of sulfonamides is 1. The minimum Gasteiger partial charge on any atom is -0.333 e. The zero-order valence-corrected chi connectivity index (χ0v) is 12.6. The topological polar surface area (TPSA) is 114 Å². The van der Waals surface area contributed by atoms with Crippen molar-refractivity contribution in [2.75, 3.05) is 11.1 Å². The largest absolute Gasteiger partial charge is 0.333 e. The van der Waals surface area contributed by atoms with Gasteiger partial charge in [-0.25, -0.2) is 5.84 Å². The SMILES string of the molecule is Cc1cc(C)c2c(c1)NC(SCC(=O)NN)=NS2(=O)=O. The van der Waals surface area contributed by atoms with Crippen LogP contribution in [0.4, 0.5) is 5.69 Å². The molecule has 0 fully saturated rings. The number of anilines is 1. The number of thioether (sulfide) groups is 1. The van der Waals surface area contributed by atoms with E-state index in [9.17, 15) is 13.2 Å². The lowest BCUT2D eigenvalue weighted by Gasteiger charge is -2.19. The van der Waals surface area contributed by atoms with Crippen molar-refractivity contribution in [3.63, 3.8) is 0 Å². The van der Waals surface area contributed by atoms with Crippen molar-refractivity contribution in [3.05, 3.63) is 23.3 Å². The number of hydrogen-bond donors (Lipinski definition) is 3. The first-order valence-corrected chi connectivity index (χ1v) is 8.11. The first kappa shape index (κ1) is 14.8. The average molecular weight is 314 g/mol. The van der Waals surface area contributed by atoms with Gasteiger partial charge in [-0.05, 0) is 31.0 Å². The van der Waals surface area contributed by atoms with Crippen LogP contribution in [-0.2, 0) is 14.8 Å². The molecule has 20 heavy (non-hydrogen) atoms. The van der Waals surface area contributed by atoms with E-state index in [1.807, 2.05) is 12.3 Å². The Morgan fingerprint density at radius 3 is 2.80 bits per heavy atom. The van der Waals surface area contributed by atoms with Gasteiger partial charge in [-0.2, -0.15) is 8.42 Å². The summed E-state index contributed by atoms with van der Waals surface area (Å²) in [4.78, 5) is 11.3. The van der Waals surface area contributed by atoms with E-state index in [4.69, 9.17) is 5.84 Å². The second-order valence-electron chi connectivity index (χ2n) is 4.31. The maximum absolute atomic E-state index is 12.2. The van der Waals surface area contributed by atoms with Gasteiger partial charge in [0.25, 0.3) is 10.0 Å². The van der Waals surface area contributed by atoms with Gasteiger partial charge in [0, 0.05) is 0 Å². The van der Waals surface area contributed by atoms with Gasteiger partial charge in [0.1, 0.15) is 4.90 Å². The minimum absolute atomic E-state index is 0.0159. The zero-order chi connectivity index (χ0) is 14.9. The molecule has 2 rings (SSSR count). The van der Waals surface area contributed by atoms with E-state index in [0.29, 0.717) is 11.3 Å². The Kier molecular flexibility index (Phi) is 4.02. The van der Waals surface area contributed by atoms with Crippen molar-refractivity contribution in [1.82, 2.24) is 5.43 Å². The Labute approximate surface area is 121 Å². The molecular formula is C11H14N4O3S2. The fourth-order valence-electron chi connectivity index (χ4n) is 1.92. The van der Waals surface area contributed by atoms with Crippen LogP contribution in [0, 0.1) is 13.8 Å². The third-order valence-corrected chi connectivity index (χ3v) is 5.09. The summed E-state index contributed by atoms with van der Waals surface area (Å²) in [6.45, 7) is 3.60. The van der Waals surface area contributed by atoms with E-state index in [-0.39, 0.29) is 15.8 Å². The second-order valence-corrected chi connectivity index (χ2v) is 6.82. The number of carbonyl (C=O) groups excluding carboxylic acids is 1. The van der Waals surface area contributed by atoms with Crippen LogP contribution in [0.1, 0.15) is 11.1 Å². The molecule has 1 aromatic rings. The fourth-order valence-corrected chi connectivity index (χ4v) is 4.17. The molecule has 7 nitrogen and oxygen atoms in total. The summed E-state index contributed by atoms with van der Waals surface area (Å²) < 4.78 is 28.0. The molecule has 0 bridgehead atoms. The number of hydrogen-bond acceptors (Lipinski definition) is 6. The van der Waals surface area contributed by atoms with Crippen LogP contribution >= 0.6 is 11.8 Å². The molecule has 0 unspecified atom stereocenters. The van der Waals surface area contributed by atoms with Gasteiger partial charge in [0.05, 0.1) is 11.4 Å². The van der Waals surface area contributed by atoms with Gasteiger partial charge >= 0.3 is 0 Å². The molecular weight excluding hydrogens is 300 g/mol. The monoisotopic (exact) mass is 314 g/mol. The first-order valence-electron chi connectivity index (χ1n) is 5.69. The van der Waals surface area contributed by atoms with Crippen molar-refractivity contribution in [2.24, 2.45) is 10.2 Å². The van der Waals surface area contributed by atoms with Gasteiger partial charge in [0.2, 0.25) is 5.91 Å². The minimum atomic E-state index is -3.75. The first-order chi connectivity index (χ1) is 9.33. The molecule has 1 aliphatic heterocycles. The van der Waals surface area contributed by atoms with Crippen molar-refractivity contribution < 1.29 is 13.2 Å². The summed E-state index contributed by atoms with van der Waals surface area (Å²) in [6, 6.07) is 3.52. The van der Waals surface area contributed by atoms with Gasteiger partial charge in [-0.15, -0.1) is 4.40 Å². The van der Waals surface area contributed by atoms with Crippen molar-refractivity contribution in [1.29, 1.82) is 0 Å². The summed E-state index contributed by atoms with van der Waals surface area (Å²) in [5.74, 6) is 4.54. The number of nitrogens with one attached hydrogen (secondary N) is 2. The molecule has 0 saturated carbocycles. The van der Waals surface area contributed by atoms with Crippen molar-refractivity contribution >= 4 is 38.5 Å². The number of rotatable bonds is 2. The average Bonchev–Trinajstić information content (AvgIpc) is 2.33. The molecule has 1 amide bonds. The van der Waals surface area contributed by atoms with Crippen LogP contribution < -0.4 is 16.6 Å². The summed E-state index contributed by atoms with van der Waals surface area (Å²) in [5.41, 5.74) is 4.03. The molecule has 0 atom stereocenters. The van der Waals surface area contributed by atoms with Gasteiger partial charge in [-0.3, -0.25) is 10.2 Å². The maximum Gasteiger partial charge on any atom is 0.287 e. The summed E-state index contributed by atoms with van der Waals surface area (Å²) >= 11 is 0.975. The third-order valence-electron chi connectivity index (χ3n) is 2.62. The number of benzene rings is 1. The molecule has 9 heteroatoms. The lowest BCUT2D eigenvalue weighted by molar-refractivity contribution is -0.118. The molecule has 0 spiro atoms. The van der Waals surface area contributed by atoms with E-state index in [0.717, 1.165) is 17.3 Å². The van der Waals surface area contributed by atoms with Crippen molar-refractivity contribution in [3.8, 4) is 0 Å². The Bertz CT molecular complexity index is 698. The Morgan fingerprint density at radius 2 is 2.15 bits per heavy atom. The Morgan fingerprint density at radius 1 is 1.45 bits per heavy atom. The predicted molar refractivity (Wildman–Crippen MR) is 78.9 cm³/mol. The van der Waals surface area contributed by atoms with E-state index in [1.54, 1.807) is 19.1 Å². The molecule has 0 saturated heterocycles. The van der Waals surface area contributed by atoms with Crippen LogP contribution in [0.25, 0.3) is 0 Å². The van der Waals surface area contributed by atoms with Gasteiger partial charge in [-0.1, -0.05) is 17.8 Å². The number of nitrogens with two attached hydrogens (primary N) is 1. The van der Waals surface area contributed by atoms with Gasteiger partial charge in [0.15, 0.2) is 5.17 Å². The molecule has 1 aliphatic rings. The highest BCUT2D eigenvalue weighted by molar-refractivity contribution is 8.15. The van der Waals surface area contributed by atoms with E-state index < -0.39 is 15.9 Å². The Hall–Kier alpha value is -1.58. The molecule has 108 valence electrons. The van der Waals surface area contributed by atoms with E-state index in [1.165, 1.54) is 0 Å². The number of amidine groups is 1.